The van der Waals surface area contributed by atoms with Crippen LogP contribution in [0.4, 0.5) is 0 Å². The van der Waals surface area contributed by atoms with Gasteiger partial charge in [-0.3, -0.25) is 0 Å². The molecule has 2 nitrogen and oxygen atoms in total. The molecule has 0 amide bonds. The highest BCUT2D eigenvalue weighted by molar-refractivity contribution is 5.28. The lowest BCUT2D eigenvalue weighted by Crippen LogP contribution is -2.28. The van der Waals surface area contributed by atoms with Crippen LogP contribution >= 0.6 is 0 Å². The van der Waals surface area contributed by atoms with E-state index >= 15 is 0 Å². The van der Waals surface area contributed by atoms with Gasteiger partial charge in [-0.05, 0) is 36.4 Å². The van der Waals surface area contributed by atoms with Crippen molar-refractivity contribution in [3.05, 3.63) is 35.4 Å². The average molecular weight is 219 g/mol. The van der Waals surface area contributed by atoms with E-state index in [-0.39, 0.29) is 0 Å². The van der Waals surface area contributed by atoms with E-state index in [9.17, 15) is 5.11 Å². The fraction of sp³-hybridized carbons (Fsp3) is 0.571. The normalized spacial score (nSPS) is 25.2. The van der Waals surface area contributed by atoms with Crippen LogP contribution in [0.2, 0.25) is 0 Å². The lowest BCUT2D eigenvalue weighted by atomic mass is 9.91. The predicted molar refractivity (Wildman–Crippen MR) is 66.4 cm³/mol. The summed E-state index contributed by atoms with van der Waals surface area (Å²) in [6, 6.07) is 8.44. The van der Waals surface area contributed by atoms with E-state index in [4.69, 9.17) is 0 Å². The smallest absolute Gasteiger partial charge is 0.103 e. The van der Waals surface area contributed by atoms with E-state index < -0.39 is 5.60 Å². The summed E-state index contributed by atoms with van der Waals surface area (Å²) < 4.78 is 0. The van der Waals surface area contributed by atoms with Crippen LogP contribution in [-0.2, 0) is 12.0 Å². The molecule has 2 N–H and O–H groups in total. The molecule has 1 atom stereocenters. The second-order valence-corrected chi connectivity index (χ2v) is 5.25. The van der Waals surface area contributed by atoms with Gasteiger partial charge in [0.2, 0.25) is 0 Å². The maximum Gasteiger partial charge on any atom is 0.103 e. The Bertz CT molecular complexity index is 336. The van der Waals surface area contributed by atoms with E-state index in [0.717, 1.165) is 24.9 Å². The third-order valence-electron chi connectivity index (χ3n) is 3.27. The molecule has 1 aliphatic heterocycles. The van der Waals surface area contributed by atoms with Gasteiger partial charge >= 0.3 is 0 Å². The third-order valence-corrected chi connectivity index (χ3v) is 3.27. The predicted octanol–water partition coefficient (Wildman–Crippen LogP) is 2.07. The quantitative estimate of drug-likeness (QED) is 0.815. The molecular weight excluding hydrogens is 198 g/mol. The Labute approximate surface area is 97.7 Å². The summed E-state index contributed by atoms with van der Waals surface area (Å²) in [5.41, 5.74) is 1.76. The summed E-state index contributed by atoms with van der Waals surface area (Å²) in [6.07, 6.45) is 1.92. The van der Waals surface area contributed by atoms with Crippen LogP contribution in [0.1, 0.15) is 31.4 Å². The van der Waals surface area contributed by atoms with E-state index in [1.54, 1.807) is 0 Å². The Morgan fingerprint density at radius 2 is 2.00 bits per heavy atom. The molecular formula is C14H21NO. The molecule has 0 bridgehead atoms. The van der Waals surface area contributed by atoms with Gasteiger partial charge in [-0.25, -0.2) is 0 Å². The van der Waals surface area contributed by atoms with Crippen molar-refractivity contribution in [2.75, 3.05) is 13.1 Å². The second kappa shape index (κ2) is 4.56. The SMILES string of the molecule is CC(C)Cc1ccc(C2(O)CCNC2)cc1. The molecule has 88 valence electrons. The van der Waals surface area contributed by atoms with E-state index in [0.29, 0.717) is 12.5 Å². The van der Waals surface area contributed by atoms with Crippen LogP contribution in [-0.4, -0.2) is 18.2 Å². The maximum atomic E-state index is 10.4. The van der Waals surface area contributed by atoms with Crippen molar-refractivity contribution in [2.24, 2.45) is 5.92 Å². The third kappa shape index (κ3) is 2.45. The summed E-state index contributed by atoms with van der Waals surface area (Å²) >= 11 is 0. The van der Waals surface area contributed by atoms with Crippen LogP contribution in [0, 0.1) is 5.92 Å². The number of β-amino-alcohol motifs (C(OH)–C–C–N with tert-alkyl or cyclic N) is 1. The molecule has 1 heterocycles. The van der Waals surface area contributed by atoms with Gasteiger partial charge in [0.15, 0.2) is 0 Å². The highest BCUT2D eigenvalue weighted by Gasteiger charge is 2.32. The molecule has 1 aromatic rings. The van der Waals surface area contributed by atoms with Gasteiger partial charge in [0.05, 0.1) is 0 Å². The molecule has 0 saturated carbocycles. The summed E-state index contributed by atoms with van der Waals surface area (Å²) in [5.74, 6) is 0.682. The van der Waals surface area contributed by atoms with Crippen LogP contribution in [0.3, 0.4) is 0 Å². The van der Waals surface area contributed by atoms with Crippen molar-refractivity contribution < 1.29 is 5.11 Å². The summed E-state index contributed by atoms with van der Waals surface area (Å²) in [5, 5.41) is 13.6. The number of rotatable bonds is 3. The van der Waals surface area contributed by atoms with Gasteiger partial charge < -0.3 is 10.4 Å². The fourth-order valence-corrected chi connectivity index (χ4v) is 2.35. The van der Waals surface area contributed by atoms with Crippen molar-refractivity contribution >= 4 is 0 Å². The first-order valence-electron chi connectivity index (χ1n) is 6.13. The lowest BCUT2D eigenvalue weighted by Gasteiger charge is -2.22. The molecule has 0 aliphatic carbocycles. The van der Waals surface area contributed by atoms with E-state index in [2.05, 4.69) is 43.4 Å². The molecule has 0 aromatic heterocycles. The lowest BCUT2D eigenvalue weighted by molar-refractivity contribution is 0.0587. The first kappa shape index (κ1) is 11.6. The summed E-state index contributed by atoms with van der Waals surface area (Å²) in [7, 11) is 0. The first-order chi connectivity index (χ1) is 7.60. The Morgan fingerprint density at radius 3 is 2.50 bits per heavy atom. The van der Waals surface area contributed by atoms with Crippen LogP contribution in [0.15, 0.2) is 24.3 Å². The number of benzene rings is 1. The van der Waals surface area contributed by atoms with E-state index in [1.807, 2.05) is 0 Å². The monoisotopic (exact) mass is 219 g/mol. The minimum atomic E-state index is -0.642. The fourth-order valence-electron chi connectivity index (χ4n) is 2.35. The standard InChI is InChI=1S/C14H21NO/c1-11(2)9-12-3-5-13(6-4-12)14(16)7-8-15-10-14/h3-6,11,15-16H,7-10H2,1-2H3. The van der Waals surface area contributed by atoms with Crippen molar-refractivity contribution in [3.63, 3.8) is 0 Å². The molecule has 1 saturated heterocycles. The van der Waals surface area contributed by atoms with Crippen molar-refractivity contribution in [3.8, 4) is 0 Å². The molecule has 2 heteroatoms. The van der Waals surface area contributed by atoms with Crippen LogP contribution < -0.4 is 5.32 Å². The van der Waals surface area contributed by atoms with Gasteiger partial charge in [0.1, 0.15) is 5.60 Å². The highest BCUT2D eigenvalue weighted by Crippen LogP contribution is 2.27. The van der Waals surface area contributed by atoms with E-state index in [1.165, 1.54) is 5.56 Å². The minimum Gasteiger partial charge on any atom is -0.384 e. The van der Waals surface area contributed by atoms with Crippen molar-refractivity contribution in [2.45, 2.75) is 32.3 Å². The molecule has 1 unspecified atom stereocenters. The highest BCUT2D eigenvalue weighted by atomic mass is 16.3. The first-order valence-corrected chi connectivity index (χ1v) is 6.13. The second-order valence-electron chi connectivity index (χ2n) is 5.25. The zero-order valence-electron chi connectivity index (χ0n) is 10.2. The molecule has 1 aromatic carbocycles. The molecule has 2 rings (SSSR count). The van der Waals surface area contributed by atoms with Crippen LogP contribution in [0.5, 0.6) is 0 Å². The Balaban J connectivity index is 2.12. The Morgan fingerprint density at radius 1 is 1.31 bits per heavy atom. The van der Waals surface area contributed by atoms with Crippen molar-refractivity contribution in [1.82, 2.24) is 5.32 Å². The average Bonchev–Trinajstić information content (AvgIpc) is 2.66. The molecule has 0 radical (unpaired) electrons. The van der Waals surface area contributed by atoms with Gasteiger partial charge in [-0.15, -0.1) is 0 Å². The Hall–Kier alpha value is -0.860. The van der Waals surface area contributed by atoms with Crippen molar-refractivity contribution in [1.29, 1.82) is 0 Å². The van der Waals surface area contributed by atoms with Crippen LogP contribution in [0.25, 0.3) is 0 Å². The topological polar surface area (TPSA) is 32.3 Å². The number of aliphatic hydroxyl groups is 1. The maximum absolute atomic E-state index is 10.4. The number of hydrogen-bond acceptors (Lipinski definition) is 2. The zero-order chi connectivity index (χ0) is 11.6. The Kier molecular flexibility index (Phi) is 3.31. The van der Waals surface area contributed by atoms with Gasteiger partial charge in [0, 0.05) is 6.54 Å². The van der Waals surface area contributed by atoms with Gasteiger partial charge in [-0.1, -0.05) is 38.1 Å². The van der Waals surface area contributed by atoms with Gasteiger partial charge in [-0.2, -0.15) is 0 Å². The molecule has 16 heavy (non-hydrogen) atoms. The van der Waals surface area contributed by atoms with Gasteiger partial charge in [0.25, 0.3) is 0 Å². The largest absolute Gasteiger partial charge is 0.384 e. The zero-order valence-corrected chi connectivity index (χ0v) is 10.2. The molecule has 1 fully saturated rings. The minimum absolute atomic E-state index is 0.642. The number of hydrogen-bond donors (Lipinski definition) is 2. The molecule has 1 aliphatic rings. The summed E-state index contributed by atoms with van der Waals surface area (Å²) in [6.45, 7) is 6.03. The molecule has 0 spiro atoms. The summed E-state index contributed by atoms with van der Waals surface area (Å²) in [4.78, 5) is 0. The number of nitrogens with one attached hydrogen (secondary N) is 1.